The first-order chi connectivity index (χ1) is 16.4. The Labute approximate surface area is 207 Å². The van der Waals surface area contributed by atoms with Gasteiger partial charge in [0.25, 0.3) is 0 Å². The van der Waals surface area contributed by atoms with E-state index in [0.29, 0.717) is 12.1 Å². The molecule has 0 bridgehead atoms. The van der Waals surface area contributed by atoms with E-state index in [1.165, 1.54) is 16.7 Å². The molecule has 34 heavy (non-hydrogen) atoms. The minimum Gasteiger partial charge on any atom is -0.307 e. The third-order valence-corrected chi connectivity index (χ3v) is 7.72. The van der Waals surface area contributed by atoms with Gasteiger partial charge in [-0.25, -0.2) is 17.9 Å². The van der Waals surface area contributed by atoms with Gasteiger partial charge in [-0.05, 0) is 40.8 Å². The zero-order chi connectivity index (χ0) is 24.2. The van der Waals surface area contributed by atoms with Crippen LogP contribution in [0.5, 0.6) is 0 Å². The standard InChI is InChI=1S/C27H32N2O3S2/c1-2-3-4-8-19-34(31,32)29-27(30)28-26-17-13-23(14-18-26)21-33-20-22-11-15-25(16-12-22)24-9-6-5-7-10-24/h5-7,9-18H,2-4,8,19-21H2,1H3,(H2,28,29,30). The highest BCUT2D eigenvalue weighted by atomic mass is 32.2. The smallest absolute Gasteiger partial charge is 0.307 e. The summed E-state index contributed by atoms with van der Waals surface area (Å²) in [5, 5.41) is 2.59. The fourth-order valence-corrected chi connectivity index (χ4v) is 5.44. The van der Waals surface area contributed by atoms with Crippen LogP contribution in [0.4, 0.5) is 10.5 Å². The molecule has 3 aromatic carbocycles. The summed E-state index contributed by atoms with van der Waals surface area (Å²) in [4.78, 5) is 12.0. The van der Waals surface area contributed by atoms with Gasteiger partial charge in [0, 0.05) is 17.2 Å². The highest BCUT2D eigenvalue weighted by Crippen LogP contribution is 2.23. The molecule has 180 valence electrons. The molecule has 3 rings (SSSR count). The van der Waals surface area contributed by atoms with E-state index in [0.717, 1.165) is 36.3 Å². The molecule has 2 amide bonds. The summed E-state index contributed by atoms with van der Waals surface area (Å²) in [7, 11) is -3.61. The van der Waals surface area contributed by atoms with Gasteiger partial charge in [-0.2, -0.15) is 11.8 Å². The zero-order valence-corrected chi connectivity index (χ0v) is 21.1. The fraction of sp³-hybridized carbons (Fsp3) is 0.296. The maximum Gasteiger partial charge on any atom is 0.332 e. The molecule has 7 heteroatoms. The lowest BCUT2D eigenvalue weighted by atomic mass is 10.0. The summed E-state index contributed by atoms with van der Waals surface area (Å²) >= 11 is 1.82. The summed E-state index contributed by atoms with van der Waals surface area (Å²) in [6.45, 7) is 2.06. The summed E-state index contributed by atoms with van der Waals surface area (Å²) in [5.74, 6) is 1.72. The maximum absolute atomic E-state index is 12.0. The number of urea groups is 1. The molecule has 0 spiro atoms. The first-order valence-corrected chi connectivity index (χ1v) is 14.4. The number of thioether (sulfide) groups is 1. The van der Waals surface area contributed by atoms with Crippen LogP contribution in [0.15, 0.2) is 78.9 Å². The van der Waals surface area contributed by atoms with Gasteiger partial charge in [0.1, 0.15) is 0 Å². The minimum atomic E-state index is -3.61. The summed E-state index contributed by atoms with van der Waals surface area (Å²) in [6, 6.07) is 25.7. The predicted molar refractivity (Wildman–Crippen MR) is 143 cm³/mol. The first kappa shape index (κ1) is 25.8. The summed E-state index contributed by atoms with van der Waals surface area (Å²) in [6.07, 6.45) is 3.43. The van der Waals surface area contributed by atoms with Crippen molar-refractivity contribution >= 4 is 33.5 Å². The van der Waals surface area contributed by atoms with E-state index in [2.05, 4.69) is 53.4 Å². The van der Waals surface area contributed by atoms with Crippen LogP contribution in [-0.2, 0) is 21.5 Å². The Kier molecular flexibility index (Phi) is 10.0. The van der Waals surface area contributed by atoms with Gasteiger partial charge in [0.05, 0.1) is 5.75 Å². The van der Waals surface area contributed by atoms with Crippen LogP contribution in [0.3, 0.4) is 0 Å². The van der Waals surface area contributed by atoms with E-state index in [9.17, 15) is 13.2 Å². The van der Waals surface area contributed by atoms with E-state index in [1.54, 1.807) is 12.1 Å². The lowest BCUT2D eigenvalue weighted by molar-refractivity contribution is 0.256. The molecule has 0 fully saturated rings. The van der Waals surface area contributed by atoms with E-state index in [4.69, 9.17) is 0 Å². The normalized spacial score (nSPS) is 11.2. The molecule has 0 radical (unpaired) electrons. The van der Waals surface area contributed by atoms with Crippen molar-refractivity contribution in [2.24, 2.45) is 0 Å². The number of carbonyl (C=O) groups is 1. The van der Waals surface area contributed by atoms with Crippen molar-refractivity contribution in [1.29, 1.82) is 0 Å². The monoisotopic (exact) mass is 496 g/mol. The van der Waals surface area contributed by atoms with E-state index >= 15 is 0 Å². The number of carbonyl (C=O) groups excluding carboxylic acids is 1. The van der Waals surface area contributed by atoms with Gasteiger partial charge in [0.15, 0.2) is 0 Å². The molecule has 3 aromatic rings. The van der Waals surface area contributed by atoms with Crippen LogP contribution in [0.1, 0.15) is 43.7 Å². The lowest BCUT2D eigenvalue weighted by Gasteiger charge is -2.09. The van der Waals surface area contributed by atoms with Crippen molar-refractivity contribution in [3.8, 4) is 11.1 Å². The number of benzene rings is 3. The van der Waals surface area contributed by atoms with Crippen molar-refractivity contribution in [1.82, 2.24) is 4.72 Å². The fourth-order valence-electron chi connectivity index (χ4n) is 3.46. The molecule has 2 N–H and O–H groups in total. The number of anilines is 1. The Morgan fingerprint density at radius 2 is 1.35 bits per heavy atom. The average molecular weight is 497 g/mol. The molecule has 0 aliphatic rings. The molecule has 0 atom stereocenters. The highest BCUT2D eigenvalue weighted by molar-refractivity contribution is 7.97. The summed E-state index contributed by atoms with van der Waals surface area (Å²) < 4.78 is 26.1. The number of rotatable bonds is 12. The molecule has 0 heterocycles. The first-order valence-electron chi connectivity index (χ1n) is 11.6. The van der Waals surface area contributed by atoms with Crippen LogP contribution in [-0.4, -0.2) is 20.2 Å². The second-order valence-electron chi connectivity index (χ2n) is 8.19. The third-order valence-electron chi connectivity index (χ3n) is 5.33. The SMILES string of the molecule is CCCCCCS(=O)(=O)NC(=O)Nc1ccc(CSCc2ccc(-c3ccccc3)cc2)cc1. The number of amides is 2. The number of nitrogens with one attached hydrogen (secondary N) is 2. The van der Waals surface area contributed by atoms with Crippen LogP contribution < -0.4 is 10.0 Å². The van der Waals surface area contributed by atoms with Gasteiger partial charge < -0.3 is 5.32 Å². The van der Waals surface area contributed by atoms with E-state index in [1.807, 2.05) is 42.1 Å². The predicted octanol–water partition coefficient (Wildman–Crippen LogP) is 6.82. The molecule has 0 saturated carbocycles. The van der Waals surface area contributed by atoms with Crippen LogP contribution in [0.2, 0.25) is 0 Å². The van der Waals surface area contributed by atoms with E-state index < -0.39 is 16.1 Å². The second-order valence-corrected chi connectivity index (χ2v) is 11.0. The average Bonchev–Trinajstić information content (AvgIpc) is 2.83. The Hall–Kier alpha value is -2.77. The Balaban J connectivity index is 1.41. The zero-order valence-electron chi connectivity index (χ0n) is 19.5. The molecular formula is C27H32N2O3S2. The van der Waals surface area contributed by atoms with Crippen molar-refractivity contribution in [3.63, 3.8) is 0 Å². The van der Waals surface area contributed by atoms with Gasteiger partial charge in [-0.15, -0.1) is 0 Å². The highest BCUT2D eigenvalue weighted by Gasteiger charge is 2.14. The van der Waals surface area contributed by atoms with Crippen LogP contribution in [0, 0.1) is 0 Å². The Morgan fingerprint density at radius 1 is 0.765 bits per heavy atom. The number of sulfonamides is 1. The second kappa shape index (κ2) is 13.2. The van der Waals surface area contributed by atoms with E-state index in [-0.39, 0.29) is 5.75 Å². The Bertz CT molecular complexity index is 1130. The molecule has 0 aliphatic carbocycles. The van der Waals surface area contributed by atoms with Crippen LogP contribution >= 0.6 is 11.8 Å². The number of unbranched alkanes of at least 4 members (excludes halogenated alkanes) is 3. The molecule has 5 nitrogen and oxygen atoms in total. The van der Waals surface area contributed by atoms with Crippen molar-refractivity contribution in [2.45, 2.75) is 44.1 Å². The van der Waals surface area contributed by atoms with Gasteiger partial charge in [0.2, 0.25) is 10.0 Å². The largest absolute Gasteiger partial charge is 0.332 e. The van der Waals surface area contributed by atoms with Gasteiger partial charge >= 0.3 is 6.03 Å². The molecule has 0 aromatic heterocycles. The third kappa shape index (κ3) is 8.88. The quantitative estimate of drug-likeness (QED) is 0.270. The maximum atomic E-state index is 12.0. The number of hydrogen-bond acceptors (Lipinski definition) is 4. The number of hydrogen-bond donors (Lipinski definition) is 2. The minimum absolute atomic E-state index is 0.0361. The van der Waals surface area contributed by atoms with Crippen molar-refractivity contribution < 1.29 is 13.2 Å². The molecule has 0 unspecified atom stereocenters. The van der Waals surface area contributed by atoms with Gasteiger partial charge in [-0.3, -0.25) is 0 Å². The Morgan fingerprint density at radius 3 is 1.97 bits per heavy atom. The topological polar surface area (TPSA) is 75.3 Å². The summed E-state index contributed by atoms with van der Waals surface area (Å²) in [5.41, 5.74) is 5.40. The molecule has 0 aliphatic heterocycles. The van der Waals surface area contributed by atoms with Crippen molar-refractivity contribution in [3.05, 3.63) is 90.0 Å². The van der Waals surface area contributed by atoms with Crippen LogP contribution in [0.25, 0.3) is 11.1 Å². The molecule has 0 saturated heterocycles. The lowest BCUT2D eigenvalue weighted by Crippen LogP contribution is -2.35. The van der Waals surface area contributed by atoms with Gasteiger partial charge in [-0.1, -0.05) is 92.9 Å². The van der Waals surface area contributed by atoms with Crippen molar-refractivity contribution in [2.75, 3.05) is 11.1 Å². The molecular weight excluding hydrogens is 464 g/mol.